The average molecular weight is 451 g/mol. The summed E-state index contributed by atoms with van der Waals surface area (Å²) in [5, 5.41) is 25.5. The molecule has 5 aliphatic rings. The maximum atomic E-state index is 12.6. The normalized spacial score (nSPS) is 35.4. The number of ether oxygens (including phenoxy) is 1. The molecule has 0 aromatic rings. The lowest BCUT2D eigenvalue weighted by Crippen LogP contribution is -2.90. The van der Waals surface area contributed by atoms with Crippen LogP contribution in [0, 0.1) is 0 Å². The number of hydrogen-bond acceptors (Lipinski definition) is 11. The lowest BCUT2D eigenvalue weighted by atomic mass is 9.85. The Labute approximate surface area is 182 Å². The maximum absolute atomic E-state index is 12.6. The summed E-state index contributed by atoms with van der Waals surface area (Å²) in [5.41, 5.74) is 10.4. The van der Waals surface area contributed by atoms with Gasteiger partial charge in [-0.15, -0.1) is 0 Å². The third-order valence-electron chi connectivity index (χ3n) is 6.96. The van der Waals surface area contributed by atoms with Gasteiger partial charge in [-0.05, 0) is 12.8 Å². The van der Waals surface area contributed by atoms with Crippen molar-refractivity contribution in [3.63, 3.8) is 0 Å². The number of hydrogen-bond donors (Lipinski definition) is 6. The van der Waals surface area contributed by atoms with Crippen molar-refractivity contribution in [3.05, 3.63) is 0 Å². The molecule has 5 aliphatic heterocycles. The molecule has 1 spiro atoms. The summed E-state index contributed by atoms with van der Waals surface area (Å²) in [6.45, 7) is 0.831. The highest BCUT2D eigenvalue weighted by atomic mass is 16.6. The summed E-state index contributed by atoms with van der Waals surface area (Å²) in [5.74, 6) is -3.30. The van der Waals surface area contributed by atoms with Crippen molar-refractivity contribution in [2.45, 2.75) is 55.3 Å². The van der Waals surface area contributed by atoms with Gasteiger partial charge in [-0.1, -0.05) is 0 Å². The number of aliphatic imine (C=N–C) groups is 1. The van der Waals surface area contributed by atoms with Gasteiger partial charge in [0.1, 0.15) is 6.04 Å². The van der Waals surface area contributed by atoms with Gasteiger partial charge < -0.3 is 25.6 Å². The second-order valence-electron chi connectivity index (χ2n) is 8.78. The summed E-state index contributed by atoms with van der Waals surface area (Å²) in [6, 6.07) is -1.71. The van der Waals surface area contributed by atoms with Crippen LogP contribution in [0.25, 0.3) is 0 Å². The summed E-state index contributed by atoms with van der Waals surface area (Å²) in [7, 11) is 0. The van der Waals surface area contributed by atoms with Gasteiger partial charge in [0.25, 0.3) is 11.4 Å². The highest BCUT2D eigenvalue weighted by Gasteiger charge is 2.77. The molecule has 3 fully saturated rings. The van der Waals surface area contributed by atoms with E-state index in [1.165, 1.54) is 9.80 Å². The minimum atomic E-state index is -2.63. The third kappa shape index (κ3) is 2.75. The number of aliphatic hydroxyl groups is 2. The lowest BCUT2D eigenvalue weighted by molar-refractivity contribution is -0.522. The number of guanidine groups is 2. The Morgan fingerprint density at radius 1 is 1.22 bits per heavy atom. The number of imide groups is 1. The maximum Gasteiger partial charge on any atom is 0.410 e. The van der Waals surface area contributed by atoms with Crippen molar-refractivity contribution >= 4 is 29.8 Å². The molecule has 4 atom stereocenters. The molecule has 174 valence electrons. The number of carbonyl (C=O) groups excluding carboxylic acids is 3. The molecular weight excluding hydrogens is 424 g/mol. The van der Waals surface area contributed by atoms with Crippen LogP contribution >= 0.6 is 0 Å². The second-order valence-corrected chi connectivity index (χ2v) is 8.78. The summed E-state index contributed by atoms with van der Waals surface area (Å²) in [6.07, 6.45) is -0.0613. The molecule has 14 heteroatoms. The largest absolute Gasteiger partial charge is 0.438 e. The first-order valence-electron chi connectivity index (χ1n) is 10.7. The van der Waals surface area contributed by atoms with E-state index in [4.69, 9.17) is 16.2 Å². The molecule has 2 unspecified atom stereocenters. The Bertz CT molecular complexity index is 914. The van der Waals surface area contributed by atoms with E-state index in [2.05, 4.69) is 15.3 Å². The number of amides is 3. The fraction of sp³-hybridized carbons (Fsp3) is 0.722. The van der Waals surface area contributed by atoms with E-state index in [1.54, 1.807) is 0 Å². The van der Waals surface area contributed by atoms with Gasteiger partial charge in [0.2, 0.25) is 11.8 Å². The predicted molar refractivity (Wildman–Crippen MR) is 106 cm³/mol. The van der Waals surface area contributed by atoms with E-state index in [-0.39, 0.29) is 49.7 Å². The van der Waals surface area contributed by atoms with E-state index < -0.39 is 35.7 Å². The van der Waals surface area contributed by atoms with Gasteiger partial charge in [-0.25, -0.2) is 15.1 Å². The van der Waals surface area contributed by atoms with Crippen molar-refractivity contribution in [2.24, 2.45) is 16.5 Å². The quantitative estimate of drug-likeness (QED) is 0.177. The molecule has 3 amide bonds. The van der Waals surface area contributed by atoms with Crippen LogP contribution in [0.3, 0.4) is 0 Å². The molecule has 32 heavy (non-hydrogen) atoms. The van der Waals surface area contributed by atoms with E-state index in [1.807, 2.05) is 0 Å². The molecule has 0 radical (unpaired) electrons. The van der Waals surface area contributed by atoms with Crippen LogP contribution in [0.5, 0.6) is 0 Å². The molecule has 8 N–H and O–H groups in total. The van der Waals surface area contributed by atoms with Gasteiger partial charge in [0.15, 0.2) is 18.1 Å². The van der Waals surface area contributed by atoms with Crippen LogP contribution in [-0.2, 0) is 14.3 Å². The lowest BCUT2D eigenvalue weighted by Gasteiger charge is -2.46. The molecule has 0 bridgehead atoms. The van der Waals surface area contributed by atoms with E-state index in [0.29, 0.717) is 13.1 Å². The predicted octanol–water partition coefficient (Wildman–Crippen LogP) is -5.51. The Morgan fingerprint density at radius 3 is 2.53 bits per heavy atom. The van der Waals surface area contributed by atoms with Crippen LogP contribution in [-0.4, -0.2) is 111 Å². The topological polar surface area (TPSA) is 201 Å². The summed E-state index contributed by atoms with van der Waals surface area (Å²) in [4.78, 5) is 48.2. The van der Waals surface area contributed by atoms with Crippen molar-refractivity contribution in [2.75, 3.05) is 26.2 Å². The zero-order valence-corrected chi connectivity index (χ0v) is 17.4. The first kappa shape index (κ1) is 20.8. The third-order valence-corrected chi connectivity index (χ3v) is 6.96. The summed E-state index contributed by atoms with van der Waals surface area (Å²) >= 11 is 0. The van der Waals surface area contributed by atoms with Gasteiger partial charge in [0, 0.05) is 25.9 Å². The minimum absolute atomic E-state index is 0.0352. The Hall–Kier alpha value is -3.13. The van der Waals surface area contributed by atoms with E-state index >= 15 is 0 Å². The number of rotatable bonds is 3. The van der Waals surface area contributed by atoms with Crippen molar-refractivity contribution in [1.29, 1.82) is 0 Å². The van der Waals surface area contributed by atoms with Crippen molar-refractivity contribution in [1.82, 2.24) is 20.0 Å². The standard InChI is InChI=1S/C18H26N8O6/c19-14-22-13-9(7-25-11(27)3-4-12(25)28)21-15(20)26-8-10(18(30,31)17(13,26)23-14)32-16(29)24-5-1-2-6-24/h9-10,13,30-31H,1-8H2,(H2,20,21)(H3,19,22,23)/p+1/t9?,10-,13-,17?/m0/s1. The smallest absolute Gasteiger partial charge is 0.410 e. The average Bonchev–Trinajstić information content (AvgIpc) is 3.48. The molecule has 0 saturated carbocycles. The SMILES string of the molecule is NC1=NC(CN2C(=O)CCC2=O)[C@@H]2[NH+]=C(N)NC23N1C[C@H](OC(=O)N1CCCC1)C3(O)O. The fourth-order valence-electron chi connectivity index (χ4n) is 5.37. The van der Waals surface area contributed by atoms with Gasteiger partial charge in [-0.2, -0.15) is 0 Å². The zero-order chi connectivity index (χ0) is 22.8. The highest BCUT2D eigenvalue weighted by molar-refractivity contribution is 6.02. The highest BCUT2D eigenvalue weighted by Crippen LogP contribution is 2.42. The number of nitrogens with two attached hydrogens (primary N) is 2. The molecule has 3 saturated heterocycles. The molecule has 14 nitrogen and oxygen atoms in total. The Kier molecular flexibility index (Phi) is 4.50. The Morgan fingerprint density at radius 2 is 1.88 bits per heavy atom. The monoisotopic (exact) mass is 451 g/mol. The first-order valence-corrected chi connectivity index (χ1v) is 10.7. The molecule has 0 aliphatic carbocycles. The number of carbonyl (C=O) groups is 3. The number of nitrogens with zero attached hydrogens (tertiary/aromatic N) is 4. The molecule has 0 aromatic carbocycles. The molecule has 0 aromatic heterocycles. The second kappa shape index (κ2) is 6.93. The van der Waals surface area contributed by atoms with Crippen molar-refractivity contribution in [3.8, 4) is 0 Å². The van der Waals surface area contributed by atoms with Crippen LogP contribution in [0.15, 0.2) is 4.99 Å². The van der Waals surface area contributed by atoms with Gasteiger partial charge >= 0.3 is 12.1 Å². The molecule has 5 rings (SSSR count). The van der Waals surface area contributed by atoms with Crippen LogP contribution in [0.1, 0.15) is 25.7 Å². The summed E-state index contributed by atoms with van der Waals surface area (Å²) < 4.78 is 5.49. The Balaban J connectivity index is 1.46. The van der Waals surface area contributed by atoms with E-state index in [0.717, 1.165) is 17.7 Å². The van der Waals surface area contributed by atoms with Crippen LogP contribution in [0.4, 0.5) is 4.79 Å². The van der Waals surface area contributed by atoms with Crippen molar-refractivity contribution < 1.29 is 34.3 Å². The molecular formula is C18H27N8O6+. The van der Waals surface area contributed by atoms with Gasteiger partial charge in [-0.3, -0.25) is 30.1 Å². The van der Waals surface area contributed by atoms with Crippen LogP contribution in [0.2, 0.25) is 0 Å². The first-order chi connectivity index (χ1) is 15.1. The van der Waals surface area contributed by atoms with E-state index in [9.17, 15) is 24.6 Å². The molecule has 5 heterocycles. The van der Waals surface area contributed by atoms with Crippen LogP contribution < -0.4 is 21.8 Å². The number of likely N-dealkylation sites (tertiary alicyclic amines) is 2. The minimum Gasteiger partial charge on any atom is -0.438 e. The number of nitrogens with one attached hydrogen (secondary N) is 2. The fourth-order valence-corrected chi connectivity index (χ4v) is 5.37. The zero-order valence-electron chi connectivity index (χ0n) is 17.4. The van der Waals surface area contributed by atoms with Gasteiger partial charge in [0.05, 0.1) is 13.1 Å².